The van der Waals surface area contributed by atoms with Gasteiger partial charge in [0.25, 0.3) is 0 Å². The average Bonchev–Trinajstić information content (AvgIpc) is 2.87. The largest absolute Gasteiger partial charge is 0.516 e. The molecular formula is C18H25BN2O2. The molecule has 23 heavy (non-hydrogen) atoms. The Morgan fingerprint density at radius 1 is 1.00 bits per heavy atom. The molecule has 0 saturated carbocycles. The molecule has 1 fully saturated rings. The van der Waals surface area contributed by atoms with Crippen molar-refractivity contribution in [3.63, 3.8) is 0 Å². The molecule has 0 spiro atoms. The van der Waals surface area contributed by atoms with Crippen molar-refractivity contribution in [3.8, 4) is 0 Å². The maximum atomic E-state index is 6.15. The number of hydrogen-bond acceptors (Lipinski definition) is 3. The van der Waals surface area contributed by atoms with Crippen molar-refractivity contribution in [2.45, 2.75) is 59.3 Å². The molecule has 2 heterocycles. The van der Waals surface area contributed by atoms with E-state index in [4.69, 9.17) is 14.3 Å². The van der Waals surface area contributed by atoms with Crippen LogP contribution in [-0.2, 0) is 15.9 Å². The molecule has 0 radical (unpaired) electrons. The Morgan fingerprint density at radius 2 is 1.57 bits per heavy atom. The summed E-state index contributed by atoms with van der Waals surface area (Å²) in [6, 6.07) is 10.4. The van der Waals surface area contributed by atoms with E-state index in [2.05, 4.69) is 63.5 Å². The predicted molar refractivity (Wildman–Crippen MR) is 93.0 cm³/mol. The number of hydrogen-bond donors (Lipinski definition) is 0. The quantitative estimate of drug-likeness (QED) is 0.818. The zero-order valence-corrected chi connectivity index (χ0v) is 14.9. The van der Waals surface area contributed by atoms with Gasteiger partial charge in [0, 0.05) is 12.2 Å². The topological polar surface area (TPSA) is 36.3 Å². The Labute approximate surface area is 139 Å². The van der Waals surface area contributed by atoms with Gasteiger partial charge in [-0.3, -0.25) is 0 Å². The first kappa shape index (κ1) is 16.3. The van der Waals surface area contributed by atoms with Gasteiger partial charge in [-0.15, -0.1) is 0 Å². The second-order valence-electron chi connectivity index (χ2n) is 7.29. The van der Waals surface area contributed by atoms with E-state index in [0.717, 1.165) is 23.7 Å². The van der Waals surface area contributed by atoms with Crippen molar-refractivity contribution in [1.82, 2.24) is 9.55 Å². The summed E-state index contributed by atoms with van der Waals surface area (Å²) in [6.07, 6.45) is 0. The van der Waals surface area contributed by atoms with E-state index >= 15 is 0 Å². The monoisotopic (exact) mass is 312 g/mol. The molecule has 0 amide bonds. The van der Waals surface area contributed by atoms with Crippen molar-refractivity contribution in [3.05, 3.63) is 47.4 Å². The highest BCUT2D eigenvalue weighted by molar-refractivity contribution is 6.61. The predicted octanol–water partition coefficient (Wildman–Crippen LogP) is 2.85. The molecular weight excluding hydrogens is 287 g/mol. The Hall–Kier alpha value is -1.59. The summed E-state index contributed by atoms with van der Waals surface area (Å²) in [6.45, 7) is 13.2. The Kier molecular flexibility index (Phi) is 3.89. The highest BCUT2D eigenvalue weighted by atomic mass is 16.7. The zero-order chi connectivity index (χ0) is 16.8. The lowest BCUT2D eigenvalue weighted by molar-refractivity contribution is 0.00578. The van der Waals surface area contributed by atoms with E-state index in [1.807, 2.05) is 13.0 Å². The number of imidazole rings is 1. The van der Waals surface area contributed by atoms with Crippen LogP contribution in [0.3, 0.4) is 0 Å². The fourth-order valence-corrected chi connectivity index (χ4v) is 2.87. The van der Waals surface area contributed by atoms with E-state index < -0.39 is 7.12 Å². The van der Waals surface area contributed by atoms with Crippen LogP contribution >= 0.6 is 0 Å². The smallest absolute Gasteiger partial charge is 0.398 e. The van der Waals surface area contributed by atoms with Crippen molar-refractivity contribution in [1.29, 1.82) is 0 Å². The molecule has 122 valence electrons. The molecule has 1 saturated heterocycles. The van der Waals surface area contributed by atoms with Gasteiger partial charge in [-0.25, -0.2) is 4.98 Å². The summed E-state index contributed by atoms with van der Waals surface area (Å²) in [4.78, 5) is 4.73. The van der Waals surface area contributed by atoms with Crippen molar-refractivity contribution < 1.29 is 9.31 Å². The van der Waals surface area contributed by atoms with Crippen molar-refractivity contribution in [2.24, 2.45) is 0 Å². The Morgan fingerprint density at radius 3 is 2.13 bits per heavy atom. The molecule has 0 N–H and O–H groups in total. The standard InChI is InChI=1S/C18H25BN2O2/c1-13-16(19-22-17(3,4)18(5,6)23-19)20-14(2)21(13)12-15-10-8-7-9-11-15/h7-11H,12H2,1-6H3. The number of nitrogens with zero attached hydrogens (tertiary/aromatic N) is 2. The molecule has 1 aromatic carbocycles. The Bertz CT molecular complexity index is 691. The van der Waals surface area contributed by atoms with E-state index in [9.17, 15) is 0 Å². The molecule has 5 heteroatoms. The summed E-state index contributed by atoms with van der Waals surface area (Å²) in [7, 11) is -0.407. The van der Waals surface area contributed by atoms with E-state index in [0.29, 0.717) is 0 Å². The minimum atomic E-state index is -0.407. The van der Waals surface area contributed by atoms with Crippen molar-refractivity contribution >= 4 is 12.7 Å². The SMILES string of the molecule is Cc1nc(B2OC(C)(C)C(C)(C)O2)c(C)n1Cc1ccccc1. The van der Waals surface area contributed by atoms with Crippen LogP contribution in [0.25, 0.3) is 0 Å². The minimum absolute atomic E-state index is 0.346. The van der Waals surface area contributed by atoms with Crippen molar-refractivity contribution in [2.75, 3.05) is 0 Å². The molecule has 0 bridgehead atoms. The molecule has 4 nitrogen and oxygen atoms in total. The molecule has 0 aliphatic carbocycles. The minimum Gasteiger partial charge on any atom is -0.398 e. The molecule has 2 aromatic rings. The molecule has 1 aliphatic heterocycles. The first-order chi connectivity index (χ1) is 10.7. The summed E-state index contributed by atoms with van der Waals surface area (Å²) in [5.74, 6) is 0.982. The van der Waals surface area contributed by atoms with Gasteiger partial charge >= 0.3 is 7.12 Å². The molecule has 0 atom stereocenters. The van der Waals surface area contributed by atoms with Crippen LogP contribution in [0.15, 0.2) is 30.3 Å². The maximum absolute atomic E-state index is 6.15. The summed E-state index contributed by atoms with van der Waals surface area (Å²) in [5, 5.41) is 0. The summed E-state index contributed by atoms with van der Waals surface area (Å²) >= 11 is 0. The number of rotatable bonds is 3. The van der Waals surface area contributed by atoms with Crippen LogP contribution in [0.1, 0.15) is 44.8 Å². The van der Waals surface area contributed by atoms with E-state index in [1.54, 1.807) is 0 Å². The fourth-order valence-electron chi connectivity index (χ4n) is 2.87. The van der Waals surface area contributed by atoms with Gasteiger partial charge in [0.15, 0.2) is 0 Å². The second kappa shape index (κ2) is 5.50. The van der Waals surface area contributed by atoms with Crippen LogP contribution in [0.2, 0.25) is 0 Å². The van der Waals surface area contributed by atoms with Gasteiger partial charge in [0.05, 0.1) is 16.8 Å². The highest BCUT2D eigenvalue weighted by Crippen LogP contribution is 2.36. The van der Waals surface area contributed by atoms with Crippen LogP contribution in [0.4, 0.5) is 0 Å². The summed E-state index contributed by atoms with van der Waals surface area (Å²) < 4.78 is 14.5. The van der Waals surface area contributed by atoms with Crippen LogP contribution in [0.5, 0.6) is 0 Å². The van der Waals surface area contributed by atoms with Crippen LogP contribution < -0.4 is 5.59 Å². The van der Waals surface area contributed by atoms with E-state index in [1.165, 1.54) is 5.56 Å². The first-order valence-electron chi connectivity index (χ1n) is 8.14. The van der Waals surface area contributed by atoms with Gasteiger partial charge in [0.1, 0.15) is 5.82 Å². The lowest BCUT2D eigenvalue weighted by Gasteiger charge is -2.32. The first-order valence-corrected chi connectivity index (χ1v) is 8.14. The van der Waals surface area contributed by atoms with Gasteiger partial charge in [0.2, 0.25) is 0 Å². The number of aryl methyl sites for hydroxylation is 1. The van der Waals surface area contributed by atoms with Gasteiger partial charge in [-0.2, -0.15) is 0 Å². The third-order valence-electron chi connectivity index (χ3n) is 5.11. The third kappa shape index (κ3) is 2.84. The fraction of sp³-hybridized carbons (Fsp3) is 0.500. The van der Waals surface area contributed by atoms with Gasteiger partial charge in [-0.1, -0.05) is 30.3 Å². The third-order valence-corrected chi connectivity index (χ3v) is 5.11. The van der Waals surface area contributed by atoms with E-state index in [-0.39, 0.29) is 11.2 Å². The molecule has 0 unspecified atom stereocenters. The average molecular weight is 312 g/mol. The maximum Gasteiger partial charge on any atom is 0.516 e. The van der Waals surface area contributed by atoms with Crippen LogP contribution in [-0.4, -0.2) is 27.9 Å². The van der Waals surface area contributed by atoms with Gasteiger partial charge < -0.3 is 13.9 Å². The lowest BCUT2D eigenvalue weighted by Crippen LogP contribution is -2.41. The lowest BCUT2D eigenvalue weighted by atomic mass is 9.83. The van der Waals surface area contributed by atoms with Gasteiger partial charge in [-0.05, 0) is 47.1 Å². The normalized spacial score (nSPS) is 19.3. The zero-order valence-electron chi connectivity index (χ0n) is 14.9. The molecule has 1 aromatic heterocycles. The molecule has 3 rings (SSSR count). The highest BCUT2D eigenvalue weighted by Gasteiger charge is 2.53. The summed E-state index contributed by atoms with van der Waals surface area (Å²) in [5.41, 5.74) is 2.56. The second-order valence-corrected chi connectivity index (χ2v) is 7.29. The number of aromatic nitrogens is 2. The molecule has 1 aliphatic rings. The number of benzene rings is 1. The van der Waals surface area contributed by atoms with Crippen LogP contribution in [0, 0.1) is 13.8 Å². The Balaban J connectivity index is 1.90.